The van der Waals surface area contributed by atoms with Gasteiger partial charge in [0, 0.05) is 13.0 Å². The summed E-state index contributed by atoms with van der Waals surface area (Å²) in [4.78, 5) is 0. The molecule has 0 bridgehead atoms. The second-order valence-electron chi connectivity index (χ2n) is 4.25. The van der Waals surface area contributed by atoms with Crippen LogP contribution in [0.5, 0.6) is 0 Å². The summed E-state index contributed by atoms with van der Waals surface area (Å²) in [6.07, 6.45) is -3.81. The van der Waals surface area contributed by atoms with Crippen LogP contribution in [0, 0.1) is 0 Å². The van der Waals surface area contributed by atoms with Gasteiger partial charge in [0.05, 0.1) is 12.2 Å². The molecule has 1 fully saturated rings. The van der Waals surface area contributed by atoms with E-state index in [9.17, 15) is 18.3 Å². The lowest BCUT2D eigenvalue weighted by molar-refractivity contribution is -0.139. The Balaban J connectivity index is 2.06. The van der Waals surface area contributed by atoms with Gasteiger partial charge in [-0.3, -0.25) is 0 Å². The SMILES string of the molecule is OC1(COCCCC(F)(F)F)CCNCC1. The van der Waals surface area contributed by atoms with E-state index in [4.69, 9.17) is 4.74 Å². The zero-order valence-corrected chi connectivity index (χ0v) is 9.15. The second kappa shape index (κ2) is 5.84. The van der Waals surface area contributed by atoms with E-state index in [1.165, 1.54) is 0 Å². The maximum absolute atomic E-state index is 11.8. The molecule has 1 heterocycles. The van der Waals surface area contributed by atoms with Crippen LogP contribution >= 0.6 is 0 Å². The minimum Gasteiger partial charge on any atom is -0.387 e. The highest BCUT2D eigenvalue weighted by Crippen LogP contribution is 2.22. The van der Waals surface area contributed by atoms with Crippen molar-refractivity contribution in [3.05, 3.63) is 0 Å². The first-order valence-electron chi connectivity index (χ1n) is 5.49. The molecule has 0 saturated carbocycles. The maximum Gasteiger partial charge on any atom is 0.389 e. The van der Waals surface area contributed by atoms with Gasteiger partial charge in [-0.1, -0.05) is 0 Å². The van der Waals surface area contributed by atoms with Crippen molar-refractivity contribution in [2.75, 3.05) is 26.3 Å². The first-order valence-corrected chi connectivity index (χ1v) is 5.49. The summed E-state index contributed by atoms with van der Waals surface area (Å²) >= 11 is 0. The monoisotopic (exact) mass is 241 g/mol. The minimum absolute atomic E-state index is 0.0438. The average Bonchev–Trinajstić information content (AvgIpc) is 2.16. The van der Waals surface area contributed by atoms with E-state index in [0.29, 0.717) is 12.8 Å². The van der Waals surface area contributed by atoms with E-state index in [-0.39, 0.29) is 19.6 Å². The van der Waals surface area contributed by atoms with Crippen LogP contribution in [0.25, 0.3) is 0 Å². The zero-order chi connectivity index (χ0) is 12.1. The van der Waals surface area contributed by atoms with Gasteiger partial charge in [-0.25, -0.2) is 0 Å². The van der Waals surface area contributed by atoms with Gasteiger partial charge in [-0.15, -0.1) is 0 Å². The van der Waals surface area contributed by atoms with Gasteiger partial charge in [0.15, 0.2) is 0 Å². The molecular formula is C10H18F3NO2. The van der Waals surface area contributed by atoms with Crippen molar-refractivity contribution in [1.82, 2.24) is 5.32 Å². The number of hydrogen-bond donors (Lipinski definition) is 2. The highest BCUT2D eigenvalue weighted by molar-refractivity contribution is 4.83. The molecule has 1 aliphatic rings. The molecule has 16 heavy (non-hydrogen) atoms. The summed E-state index contributed by atoms with van der Waals surface area (Å²) in [5.41, 5.74) is -0.858. The molecule has 2 N–H and O–H groups in total. The lowest BCUT2D eigenvalue weighted by Gasteiger charge is -2.32. The average molecular weight is 241 g/mol. The standard InChI is InChI=1S/C10H18F3NO2/c11-10(12,13)2-1-7-16-8-9(15)3-5-14-6-4-9/h14-15H,1-8H2. The smallest absolute Gasteiger partial charge is 0.387 e. The topological polar surface area (TPSA) is 41.5 Å². The second-order valence-corrected chi connectivity index (χ2v) is 4.25. The molecule has 0 aromatic carbocycles. The molecule has 3 nitrogen and oxygen atoms in total. The van der Waals surface area contributed by atoms with E-state index in [1.54, 1.807) is 0 Å². The normalized spacial score (nSPS) is 21.0. The highest BCUT2D eigenvalue weighted by atomic mass is 19.4. The molecule has 0 aromatic heterocycles. The van der Waals surface area contributed by atoms with Crippen LogP contribution in [0.3, 0.4) is 0 Å². The van der Waals surface area contributed by atoms with Crippen LogP contribution in [0.4, 0.5) is 13.2 Å². The molecule has 0 unspecified atom stereocenters. The molecule has 0 aliphatic carbocycles. The minimum atomic E-state index is -4.12. The Hall–Kier alpha value is -0.330. The Labute approximate surface area is 93.0 Å². The summed E-state index contributed by atoms with van der Waals surface area (Å²) in [6, 6.07) is 0. The van der Waals surface area contributed by atoms with Crippen LogP contribution < -0.4 is 5.32 Å². The molecule has 0 spiro atoms. The van der Waals surface area contributed by atoms with E-state index in [1.807, 2.05) is 0 Å². The summed E-state index contributed by atoms with van der Waals surface area (Å²) in [6.45, 7) is 1.63. The Morgan fingerprint density at radius 3 is 2.44 bits per heavy atom. The van der Waals surface area contributed by atoms with Crippen molar-refractivity contribution in [2.24, 2.45) is 0 Å². The Morgan fingerprint density at radius 2 is 1.88 bits per heavy atom. The largest absolute Gasteiger partial charge is 0.389 e. The number of rotatable bonds is 5. The Kier molecular flexibility index (Phi) is 5.01. The number of ether oxygens (including phenoxy) is 1. The summed E-state index contributed by atoms with van der Waals surface area (Å²) in [5.74, 6) is 0. The van der Waals surface area contributed by atoms with Gasteiger partial charge in [0.2, 0.25) is 0 Å². The zero-order valence-electron chi connectivity index (χ0n) is 9.15. The fourth-order valence-corrected chi connectivity index (χ4v) is 1.67. The third kappa shape index (κ3) is 5.67. The maximum atomic E-state index is 11.8. The van der Waals surface area contributed by atoms with Crippen molar-refractivity contribution in [1.29, 1.82) is 0 Å². The quantitative estimate of drug-likeness (QED) is 0.716. The van der Waals surface area contributed by atoms with Crippen molar-refractivity contribution in [3.63, 3.8) is 0 Å². The molecule has 1 rings (SSSR count). The number of alkyl halides is 3. The Bertz CT molecular complexity index is 203. The Morgan fingerprint density at radius 1 is 1.25 bits per heavy atom. The van der Waals surface area contributed by atoms with E-state index in [0.717, 1.165) is 13.1 Å². The summed E-state index contributed by atoms with van der Waals surface area (Å²) < 4.78 is 40.5. The molecule has 0 atom stereocenters. The van der Waals surface area contributed by atoms with Crippen molar-refractivity contribution in [3.8, 4) is 0 Å². The van der Waals surface area contributed by atoms with Gasteiger partial charge < -0.3 is 15.2 Å². The first kappa shape index (κ1) is 13.7. The fraction of sp³-hybridized carbons (Fsp3) is 1.00. The number of halogens is 3. The number of nitrogens with one attached hydrogen (secondary N) is 1. The predicted molar refractivity (Wildman–Crippen MR) is 53.2 cm³/mol. The fourth-order valence-electron chi connectivity index (χ4n) is 1.67. The van der Waals surface area contributed by atoms with Crippen molar-refractivity contribution < 1.29 is 23.0 Å². The van der Waals surface area contributed by atoms with Gasteiger partial charge in [0.1, 0.15) is 0 Å². The van der Waals surface area contributed by atoms with Gasteiger partial charge in [0.25, 0.3) is 0 Å². The van der Waals surface area contributed by atoms with E-state index in [2.05, 4.69) is 5.32 Å². The van der Waals surface area contributed by atoms with Crippen molar-refractivity contribution >= 4 is 0 Å². The first-order chi connectivity index (χ1) is 7.41. The predicted octanol–water partition coefficient (Wildman–Crippen LogP) is 1.46. The lowest BCUT2D eigenvalue weighted by Crippen LogP contribution is -2.45. The van der Waals surface area contributed by atoms with Crippen LogP contribution in [0.15, 0.2) is 0 Å². The molecule has 1 aliphatic heterocycles. The summed E-state index contributed by atoms with van der Waals surface area (Å²) in [5, 5.41) is 13.0. The van der Waals surface area contributed by atoms with Gasteiger partial charge in [-0.05, 0) is 32.4 Å². The number of hydrogen-bond acceptors (Lipinski definition) is 3. The third-order valence-corrected chi connectivity index (χ3v) is 2.65. The lowest BCUT2D eigenvalue weighted by atomic mass is 9.94. The molecule has 0 radical (unpaired) electrons. The van der Waals surface area contributed by atoms with Gasteiger partial charge >= 0.3 is 6.18 Å². The number of aliphatic hydroxyl groups is 1. The molecule has 96 valence electrons. The summed E-state index contributed by atoms with van der Waals surface area (Å²) in [7, 11) is 0. The molecule has 0 amide bonds. The van der Waals surface area contributed by atoms with Crippen LogP contribution in [0.2, 0.25) is 0 Å². The number of piperidine rings is 1. The van der Waals surface area contributed by atoms with Crippen LogP contribution in [-0.4, -0.2) is 43.2 Å². The third-order valence-electron chi connectivity index (χ3n) is 2.65. The van der Waals surface area contributed by atoms with Crippen LogP contribution in [-0.2, 0) is 4.74 Å². The van der Waals surface area contributed by atoms with E-state index >= 15 is 0 Å². The molecule has 1 saturated heterocycles. The van der Waals surface area contributed by atoms with Gasteiger partial charge in [-0.2, -0.15) is 13.2 Å². The van der Waals surface area contributed by atoms with Crippen molar-refractivity contribution in [2.45, 2.75) is 37.5 Å². The van der Waals surface area contributed by atoms with Crippen LogP contribution in [0.1, 0.15) is 25.7 Å². The highest BCUT2D eigenvalue weighted by Gasteiger charge is 2.30. The van der Waals surface area contributed by atoms with E-state index < -0.39 is 18.2 Å². The molecular weight excluding hydrogens is 223 g/mol. The molecule has 6 heteroatoms. The molecule has 0 aromatic rings.